The van der Waals surface area contributed by atoms with Crippen molar-refractivity contribution < 1.29 is 9.84 Å². The molecule has 9 aromatic heterocycles. The Morgan fingerprint density at radius 2 is 1.00 bits per heavy atom. The smallest absolute Gasteiger partial charge is 0.145 e. The van der Waals surface area contributed by atoms with E-state index < -0.39 is 8.07 Å². The summed E-state index contributed by atoms with van der Waals surface area (Å²) in [5.74, 6) is 1.61. The molecule has 0 saturated heterocycles. The van der Waals surface area contributed by atoms with E-state index in [9.17, 15) is 20.9 Å². The van der Waals surface area contributed by atoms with Gasteiger partial charge >= 0.3 is 0 Å². The summed E-state index contributed by atoms with van der Waals surface area (Å²) >= 11 is 0. The number of aromatic amines is 1. The van der Waals surface area contributed by atoms with Gasteiger partial charge in [-0.1, -0.05) is 58.2 Å². The van der Waals surface area contributed by atoms with Crippen molar-refractivity contribution in [1.29, 1.82) is 15.8 Å². The molecular formula is C58H70N18O2Si. The Bertz CT molecular complexity index is 3560. The number of nitrogens with one attached hydrogen (secondary N) is 1. The molecule has 21 heteroatoms. The van der Waals surface area contributed by atoms with Crippen LogP contribution in [0.2, 0.25) is 25.7 Å². The van der Waals surface area contributed by atoms with E-state index in [1.165, 1.54) is 83.4 Å². The Morgan fingerprint density at radius 1 is 0.582 bits per heavy atom. The minimum Gasteiger partial charge on any atom is -0.376 e. The molecule has 79 heavy (non-hydrogen) atoms. The molecule has 0 spiro atoms. The zero-order valence-electron chi connectivity index (χ0n) is 45.5. The standard InChI is InChI=1S/C23H32N6OSi.C18H20N6O.C17H18N6/c1-31(2,3)13-12-30-17-28-11-9-20-22(25-16-26-23(20)28)19-14-27-29(15-19)21(8-10-24)18-6-4-5-7-18;19-7-5-16(13-3-1-2-4-13)24-10-14(9-22-24)17-15-6-8-23(12-25)18(15)21-11-20-17;18-7-5-15(12-3-1-2-4-12)23-10-13(9-22-23)16-14-6-8-19-17(14)21-11-20-16/h9,11,14-16,18,21H,4-8,12-13,17H2,1-3H3;6,8-11,13,16,25H,1-5,12H2;6,8-12,15H,1-5H2,(H,19,20,21)/t21-;16-;15-/m111/s1. The summed E-state index contributed by atoms with van der Waals surface area (Å²) in [5, 5.41) is 53.7. The molecule has 0 aliphatic heterocycles. The van der Waals surface area contributed by atoms with Crippen LogP contribution in [0.3, 0.4) is 0 Å². The number of ether oxygens (including phenoxy) is 1. The number of rotatable bonds is 18. The van der Waals surface area contributed by atoms with Crippen molar-refractivity contribution in [1.82, 2.24) is 73.4 Å². The SMILES string of the molecule is C[Si](C)(C)CCOCn1ccc2c(-c3cnn([C@H](CC#N)C4CCCC4)c3)ncnc21.N#CC[C@H](C1CCCC1)n1cc(-c2ncnc3[nH]ccc23)cn1.N#CC[C@H](C1CCCC1)n1cc(-c2ncnc3c2ccn3CO)cn1. The van der Waals surface area contributed by atoms with E-state index in [4.69, 9.17) is 4.74 Å². The average Bonchev–Trinajstić information content (AvgIpc) is 4.46. The molecule has 2 N–H and O–H groups in total. The fourth-order valence-electron chi connectivity index (χ4n) is 12.0. The summed E-state index contributed by atoms with van der Waals surface area (Å²) in [6.45, 7) is 8.22. The first-order valence-corrected chi connectivity index (χ1v) is 31.7. The molecule has 20 nitrogen and oxygen atoms in total. The van der Waals surface area contributed by atoms with Crippen LogP contribution in [0, 0.1) is 51.7 Å². The summed E-state index contributed by atoms with van der Waals surface area (Å²) in [5.41, 5.74) is 7.79. The molecule has 408 valence electrons. The van der Waals surface area contributed by atoms with Crippen LogP contribution in [0.15, 0.2) is 93.0 Å². The normalized spacial score (nSPS) is 16.3. The molecule has 0 aromatic carbocycles. The highest BCUT2D eigenvalue weighted by Gasteiger charge is 2.30. The first-order chi connectivity index (χ1) is 38.6. The van der Waals surface area contributed by atoms with E-state index >= 15 is 0 Å². The fraction of sp³-hybridized carbons (Fsp3) is 0.483. The maximum atomic E-state index is 9.40. The van der Waals surface area contributed by atoms with Crippen LogP contribution in [0.5, 0.6) is 0 Å². The van der Waals surface area contributed by atoms with Gasteiger partial charge in [0.05, 0.1) is 91.3 Å². The maximum absolute atomic E-state index is 9.40. The Hall–Kier alpha value is -7.90. The highest BCUT2D eigenvalue weighted by atomic mass is 28.3. The van der Waals surface area contributed by atoms with Gasteiger partial charge in [-0.15, -0.1) is 0 Å². The number of hydrogen-bond donors (Lipinski definition) is 2. The third kappa shape index (κ3) is 12.5. The van der Waals surface area contributed by atoms with E-state index in [2.05, 4.69) is 88.0 Å². The molecule has 0 unspecified atom stereocenters. The molecule has 0 radical (unpaired) electrons. The van der Waals surface area contributed by atoms with Crippen LogP contribution in [-0.2, 0) is 18.2 Å². The molecule has 9 aromatic rings. The van der Waals surface area contributed by atoms with Crippen molar-refractivity contribution >= 4 is 41.2 Å². The molecule has 3 aliphatic rings. The highest BCUT2D eigenvalue weighted by molar-refractivity contribution is 6.76. The highest BCUT2D eigenvalue weighted by Crippen LogP contribution is 2.40. The number of hydrogen-bond acceptors (Lipinski definition) is 14. The van der Waals surface area contributed by atoms with Crippen molar-refractivity contribution in [3.63, 3.8) is 0 Å². The number of nitrogens with zero attached hydrogens (tertiary/aromatic N) is 17. The van der Waals surface area contributed by atoms with Gasteiger partial charge in [0.1, 0.15) is 49.4 Å². The molecule has 0 amide bonds. The van der Waals surface area contributed by atoms with Gasteiger partial charge in [0.2, 0.25) is 0 Å². The Kier molecular flexibility index (Phi) is 17.4. The quantitative estimate of drug-likeness (QED) is 0.0598. The second kappa shape index (κ2) is 25.3. The molecule has 3 aliphatic carbocycles. The van der Waals surface area contributed by atoms with Crippen LogP contribution in [0.25, 0.3) is 66.9 Å². The fourth-order valence-corrected chi connectivity index (χ4v) is 12.7. The third-order valence-corrected chi connectivity index (χ3v) is 17.9. The van der Waals surface area contributed by atoms with Crippen LogP contribution in [0.1, 0.15) is 114 Å². The lowest BCUT2D eigenvalue weighted by Crippen LogP contribution is -2.22. The largest absolute Gasteiger partial charge is 0.376 e. The van der Waals surface area contributed by atoms with Gasteiger partial charge in [0, 0.05) is 84.7 Å². The van der Waals surface area contributed by atoms with Crippen molar-refractivity contribution in [2.24, 2.45) is 17.8 Å². The maximum Gasteiger partial charge on any atom is 0.145 e. The number of H-pyrrole nitrogens is 1. The summed E-state index contributed by atoms with van der Waals surface area (Å²) in [4.78, 5) is 29.5. The number of aliphatic hydroxyl groups excluding tert-OH is 1. The van der Waals surface area contributed by atoms with Crippen molar-refractivity contribution in [2.75, 3.05) is 6.61 Å². The van der Waals surface area contributed by atoms with Gasteiger partial charge in [0.25, 0.3) is 0 Å². The topological polar surface area (TPSA) is 257 Å². The molecule has 3 fully saturated rings. The minimum absolute atomic E-state index is 0.120. The Labute approximate surface area is 461 Å². The lowest BCUT2D eigenvalue weighted by Gasteiger charge is -2.21. The zero-order valence-corrected chi connectivity index (χ0v) is 46.5. The van der Waals surface area contributed by atoms with E-state index in [0.29, 0.717) is 49.4 Å². The summed E-state index contributed by atoms with van der Waals surface area (Å²) < 4.78 is 15.5. The molecule has 9 heterocycles. The molecule has 3 saturated carbocycles. The lowest BCUT2D eigenvalue weighted by atomic mass is 9.96. The average molecular weight is 1080 g/mol. The molecule has 12 rings (SSSR count). The van der Waals surface area contributed by atoms with Gasteiger partial charge < -0.3 is 24.0 Å². The van der Waals surface area contributed by atoms with Gasteiger partial charge in [-0.25, -0.2) is 29.9 Å². The van der Waals surface area contributed by atoms with Crippen molar-refractivity contribution in [3.05, 3.63) is 93.0 Å². The van der Waals surface area contributed by atoms with E-state index in [-0.39, 0.29) is 24.9 Å². The van der Waals surface area contributed by atoms with E-state index in [0.717, 1.165) is 73.9 Å². The summed E-state index contributed by atoms with van der Waals surface area (Å²) in [6.07, 6.45) is 38.0. The zero-order chi connectivity index (χ0) is 54.7. The number of nitriles is 3. The second-order valence-corrected chi connectivity index (χ2v) is 28.1. The lowest BCUT2D eigenvalue weighted by molar-refractivity contribution is 0.0899. The summed E-state index contributed by atoms with van der Waals surface area (Å²) in [7, 11) is -1.10. The molecule has 0 bridgehead atoms. The van der Waals surface area contributed by atoms with Crippen LogP contribution in [0.4, 0.5) is 0 Å². The number of aromatic nitrogens is 15. The molecular weight excluding hydrogens is 1010 g/mol. The predicted molar refractivity (Wildman–Crippen MR) is 303 cm³/mol. The predicted octanol–water partition coefficient (Wildman–Crippen LogP) is 11.6. The van der Waals surface area contributed by atoms with Crippen molar-refractivity contribution in [3.8, 4) is 52.0 Å². The van der Waals surface area contributed by atoms with Crippen LogP contribution >= 0.6 is 0 Å². The van der Waals surface area contributed by atoms with Crippen LogP contribution in [-0.4, -0.2) is 93.2 Å². The second-order valence-electron chi connectivity index (χ2n) is 22.5. The van der Waals surface area contributed by atoms with Gasteiger partial charge in [-0.05, 0) is 80.5 Å². The number of fused-ring (bicyclic) bond motifs is 3. The van der Waals surface area contributed by atoms with Gasteiger partial charge in [-0.2, -0.15) is 31.1 Å². The van der Waals surface area contributed by atoms with Crippen molar-refractivity contribution in [2.45, 2.75) is 154 Å². The first-order valence-electron chi connectivity index (χ1n) is 28.0. The van der Waals surface area contributed by atoms with E-state index in [1.807, 2.05) is 80.2 Å². The van der Waals surface area contributed by atoms with E-state index in [1.54, 1.807) is 29.6 Å². The first kappa shape index (κ1) is 54.5. The van der Waals surface area contributed by atoms with Gasteiger partial charge in [0.15, 0.2) is 0 Å². The Balaban J connectivity index is 0.000000135. The monoisotopic (exact) mass is 1080 g/mol. The third-order valence-electron chi connectivity index (χ3n) is 16.2. The molecule has 3 atom stereocenters. The van der Waals surface area contributed by atoms with Gasteiger partial charge in [-0.3, -0.25) is 14.0 Å². The number of aliphatic hydroxyl groups is 1. The Morgan fingerprint density at radius 3 is 1.43 bits per heavy atom. The van der Waals surface area contributed by atoms with Crippen LogP contribution < -0.4 is 0 Å². The minimum atomic E-state index is -1.10. The summed E-state index contributed by atoms with van der Waals surface area (Å²) in [6, 6.07) is 14.5.